The van der Waals surface area contributed by atoms with Crippen molar-refractivity contribution in [2.24, 2.45) is 5.41 Å². The highest BCUT2D eigenvalue weighted by atomic mass is 19.3. The molecular weight excluding hydrogens is 272 g/mol. The predicted octanol–water partition coefficient (Wildman–Crippen LogP) is 2.79. The van der Waals surface area contributed by atoms with Crippen LogP contribution in [-0.4, -0.2) is 35.2 Å². The molecule has 0 aromatic heterocycles. The molecule has 1 aliphatic rings. The van der Waals surface area contributed by atoms with Crippen LogP contribution in [-0.2, 0) is 9.53 Å². The number of alkyl halides is 2. The SMILES string of the molecule is CC(C)(C)OC(=O)NCC1(C(=O)O)CCC(F)(F)CC1. The van der Waals surface area contributed by atoms with Gasteiger partial charge in [0.2, 0.25) is 5.92 Å². The molecule has 0 atom stereocenters. The molecule has 0 bridgehead atoms. The minimum Gasteiger partial charge on any atom is -0.481 e. The van der Waals surface area contributed by atoms with Crippen LogP contribution in [0.15, 0.2) is 0 Å². The van der Waals surface area contributed by atoms with Gasteiger partial charge in [0.15, 0.2) is 0 Å². The molecule has 0 aromatic carbocycles. The summed E-state index contributed by atoms with van der Waals surface area (Å²) in [6.45, 7) is 4.84. The van der Waals surface area contributed by atoms with Crippen LogP contribution in [0.4, 0.5) is 13.6 Å². The molecule has 0 unspecified atom stereocenters. The Kier molecular flexibility index (Phi) is 4.61. The maximum atomic E-state index is 13.1. The largest absolute Gasteiger partial charge is 0.481 e. The number of alkyl carbamates (subject to hydrolysis) is 1. The molecule has 116 valence electrons. The number of hydrogen-bond donors (Lipinski definition) is 2. The number of hydrogen-bond acceptors (Lipinski definition) is 3. The molecular formula is C13H21F2NO4. The van der Waals surface area contributed by atoms with E-state index in [9.17, 15) is 23.5 Å². The summed E-state index contributed by atoms with van der Waals surface area (Å²) in [6, 6.07) is 0. The number of rotatable bonds is 3. The Balaban J connectivity index is 2.61. The molecule has 7 heteroatoms. The molecule has 0 aromatic rings. The number of carbonyl (C=O) groups is 2. The van der Waals surface area contributed by atoms with Crippen LogP contribution in [0.3, 0.4) is 0 Å². The van der Waals surface area contributed by atoms with Crippen LogP contribution in [0.25, 0.3) is 0 Å². The third kappa shape index (κ3) is 4.61. The highest BCUT2D eigenvalue weighted by molar-refractivity contribution is 5.76. The van der Waals surface area contributed by atoms with Crippen LogP contribution in [0, 0.1) is 5.41 Å². The fourth-order valence-electron chi connectivity index (χ4n) is 2.12. The van der Waals surface area contributed by atoms with Crippen molar-refractivity contribution in [3.8, 4) is 0 Å². The van der Waals surface area contributed by atoms with E-state index in [-0.39, 0.29) is 19.4 Å². The molecule has 1 saturated carbocycles. The molecule has 2 N–H and O–H groups in total. The van der Waals surface area contributed by atoms with Gasteiger partial charge >= 0.3 is 12.1 Å². The number of aliphatic carboxylic acids is 1. The Labute approximate surface area is 116 Å². The average Bonchev–Trinajstić information content (AvgIpc) is 2.25. The van der Waals surface area contributed by atoms with Gasteiger partial charge in [-0.1, -0.05) is 0 Å². The molecule has 1 rings (SSSR count). The first-order valence-corrected chi connectivity index (χ1v) is 6.54. The number of carbonyl (C=O) groups excluding carboxylic acids is 1. The van der Waals surface area contributed by atoms with E-state index in [4.69, 9.17) is 4.74 Å². The van der Waals surface area contributed by atoms with E-state index in [1.54, 1.807) is 20.8 Å². The molecule has 0 saturated heterocycles. The van der Waals surface area contributed by atoms with Gasteiger partial charge in [0.1, 0.15) is 5.60 Å². The maximum Gasteiger partial charge on any atom is 0.407 e. The lowest BCUT2D eigenvalue weighted by Gasteiger charge is -2.36. The molecule has 20 heavy (non-hydrogen) atoms. The van der Waals surface area contributed by atoms with Gasteiger partial charge in [-0.2, -0.15) is 0 Å². The van der Waals surface area contributed by atoms with Gasteiger partial charge in [-0.15, -0.1) is 0 Å². The van der Waals surface area contributed by atoms with Gasteiger partial charge in [-0.05, 0) is 33.6 Å². The molecule has 0 spiro atoms. The first kappa shape index (κ1) is 16.7. The summed E-state index contributed by atoms with van der Waals surface area (Å²) in [5, 5.41) is 11.6. The van der Waals surface area contributed by atoms with E-state index in [1.807, 2.05) is 0 Å². The van der Waals surface area contributed by atoms with E-state index in [2.05, 4.69) is 5.32 Å². The number of carboxylic acids is 1. The lowest BCUT2D eigenvalue weighted by molar-refractivity contribution is -0.156. The topological polar surface area (TPSA) is 75.6 Å². The Morgan fingerprint density at radius 1 is 1.20 bits per heavy atom. The van der Waals surface area contributed by atoms with Gasteiger partial charge in [0, 0.05) is 19.4 Å². The van der Waals surface area contributed by atoms with Crippen molar-refractivity contribution in [1.82, 2.24) is 5.32 Å². The molecule has 0 radical (unpaired) electrons. The monoisotopic (exact) mass is 293 g/mol. The van der Waals surface area contributed by atoms with Crippen molar-refractivity contribution >= 4 is 12.1 Å². The first-order valence-electron chi connectivity index (χ1n) is 6.54. The molecule has 0 aliphatic heterocycles. The van der Waals surface area contributed by atoms with Gasteiger partial charge in [-0.25, -0.2) is 13.6 Å². The molecule has 5 nitrogen and oxygen atoms in total. The number of carboxylic acid groups (broad SMARTS) is 1. The van der Waals surface area contributed by atoms with Crippen molar-refractivity contribution in [3.63, 3.8) is 0 Å². The third-order valence-electron chi connectivity index (χ3n) is 3.36. The Bertz CT molecular complexity index is 380. The van der Waals surface area contributed by atoms with Crippen LogP contribution >= 0.6 is 0 Å². The van der Waals surface area contributed by atoms with Crippen LogP contribution in [0.1, 0.15) is 46.5 Å². The Morgan fingerprint density at radius 2 is 1.70 bits per heavy atom. The van der Waals surface area contributed by atoms with Crippen LogP contribution < -0.4 is 5.32 Å². The zero-order valence-electron chi connectivity index (χ0n) is 12.0. The van der Waals surface area contributed by atoms with E-state index in [0.29, 0.717) is 0 Å². The lowest BCUT2D eigenvalue weighted by Crippen LogP contribution is -2.48. The zero-order chi connectivity index (χ0) is 15.6. The fourth-order valence-corrected chi connectivity index (χ4v) is 2.12. The second-order valence-electron chi connectivity index (χ2n) is 6.30. The van der Waals surface area contributed by atoms with Gasteiger partial charge < -0.3 is 15.2 Å². The second-order valence-corrected chi connectivity index (χ2v) is 6.30. The summed E-state index contributed by atoms with van der Waals surface area (Å²) in [7, 11) is 0. The van der Waals surface area contributed by atoms with Crippen molar-refractivity contribution in [1.29, 1.82) is 0 Å². The minimum atomic E-state index is -2.81. The van der Waals surface area contributed by atoms with Gasteiger partial charge in [-0.3, -0.25) is 4.79 Å². The second kappa shape index (κ2) is 5.54. The molecule has 0 heterocycles. The molecule has 1 fully saturated rings. The quantitative estimate of drug-likeness (QED) is 0.839. The van der Waals surface area contributed by atoms with E-state index in [1.165, 1.54) is 0 Å². The maximum absolute atomic E-state index is 13.1. The first-order chi connectivity index (χ1) is 8.96. The number of ether oxygens (including phenoxy) is 1. The summed E-state index contributed by atoms with van der Waals surface area (Å²) >= 11 is 0. The van der Waals surface area contributed by atoms with Crippen molar-refractivity contribution < 1.29 is 28.2 Å². The summed E-state index contributed by atoms with van der Waals surface area (Å²) < 4.78 is 31.3. The van der Waals surface area contributed by atoms with E-state index >= 15 is 0 Å². The summed E-state index contributed by atoms with van der Waals surface area (Å²) in [5.74, 6) is -3.98. The molecule has 1 aliphatic carbocycles. The van der Waals surface area contributed by atoms with Crippen molar-refractivity contribution in [2.75, 3.05) is 6.54 Å². The minimum absolute atomic E-state index is 0.162. The fraction of sp³-hybridized carbons (Fsp3) is 0.846. The standard InChI is InChI=1S/C13H21F2NO4/c1-11(2,3)20-10(19)16-8-12(9(17)18)4-6-13(14,15)7-5-12/h4-8H2,1-3H3,(H,16,19)(H,17,18). The summed E-state index contributed by atoms with van der Waals surface area (Å²) in [6.07, 6.45) is -2.02. The zero-order valence-corrected chi connectivity index (χ0v) is 12.0. The van der Waals surface area contributed by atoms with Crippen molar-refractivity contribution in [3.05, 3.63) is 0 Å². The highest BCUT2D eigenvalue weighted by Crippen LogP contribution is 2.43. The number of halogens is 2. The van der Waals surface area contributed by atoms with Crippen LogP contribution in [0.5, 0.6) is 0 Å². The molecule has 1 amide bonds. The normalized spacial score (nSPS) is 21.1. The predicted molar refractivity (Wildman–Crippen MR) is 67.7 cm³/mol. The number of nitrogens with one attached hydrogen (secondary N) is 1. The number of amides is 1. The third-order valence-corrected chi connectivity index (χ3v) is 3.36. The van der Waals surface area contributed by atoms with E-state index < -0.39 is 41.8 Å². The average molecular weight is 293 g/mol. The Hall–Kier alpha value is -1.40. The van der Waals surface area contributed by atoms with Gasteiger partial charge in [0.25, 0.3) is 0 Å². The van der Waals surface area contributed by atoms with Crippen LogP contribution in [0.2, 0.25) is 0 Å². The Morgan fingerprint density at radius 3 is 2.10 bits per heavy atom. The van der Waals surface area contributed by atoms with E-state index in [0.717, 1.165) is 0 Å². The highest BCUT2D eigenvalue weighted by Gasteiger charge is 2.48. The van der Waals surface area contributed by atoms with Crippen molar-refractivity contribution in [2.45, 2.75) is 58.0 Å². The summed E-state index contributed by atoms with van der Waals surface area (Å²) in [4.78, 5) is 22.9. The smallest absolute Gasteiger partial charge is 0.407 e. The lowest BCUT2D eigenvalue weighted by atomic mass is 9.72. The van der Waals surface area contributed by atoms with Gasteiger partial charge in [0.05, 0.1) is 5.41 Å². The summed E-state index contributed by atoms with van der Waals surface area (Å²) in [5.41, 5.74) is -2.03.